The zero-order valence-corrected chi connectivity index (χ0v) is 16.8. The van der Waals surface area contributed by atoms with Gasteiger partial charge in [0, 0.05) is 6.54 Å². The van der Waals surface area contributed by atoms with Crippen LogP contribution in [0.2, 0.25) is 0 Å². The van der Waals surface area contributed by atoms with Gasteiger partial charge in [-0.05, 0) is 67.9 Å². The van der Waals surface area contributed by atoms with Gasteiger partial charge in [-0.25, -0.2) is 0 Å². The van der Waals surface area contributed by atoms with E-state index in [9.17, 15) is 4.79 Å². The predicted octanol–water partition coefficient (Wildman–Crippen LogP) is 2.49. The summed E-state index contributed by atoms with van der Waals surface area (Å²) < 4.78 is 16.4. The molecule has 0 saturated heterocycles. The average molecular weight is 401 g/mol. The lowest BCUT2D eigenvalue weighted by Gasteiger charge is -2.18. The highest BCUT2D eigenvalue weighted by molar-refractivity contribution is 7.80. The van der Waals surface area contributed by atoms with Gasteiger partial charge in [-0.15, -0.1) is 0 Å². The van der Waals surface area contributed by atoms with E-state index >= 15 is 0 Å². The maximum Gasteiger partial charge on any atom is 0.279 e. The van der Waals surface area contributed by atoms with Gasteiger partial charge in [0.05, 0.1) is 0 Å². The molecule has 0 bridgehead atoms. The smallest absolute Gasteiger partial charge is 0.279 e. The van der Waals surface area contributed by atoms with Crippen LogP contribution in [0.3, 0.4) is 0 Å². The molecule has 1 aliphatic heterocycles. The molecule has 8 heteroatoms. The summed E-state index contributed by atoms with van der Waals surface area (Å²) in [4.78, 5) is 12.2. The summed E-state index contributed by atoms with van der Waals surface area (Å²) in [6.07, 6.45) is -0.676. The fraction of sp³-hybridized carbons (Fsp3) is 0.300. The maximum atomic E-state index is 12.2. The number of nitrogens with one attached hydrogen (secondary N) is 3. The number of amides is 1. The number of aryl methyl sites for hydroxylation is 1. The molecule has 0 aromatic heterocycles. The largest absolute Gasteiger partial charge is 0.481 e. The Morgan fingerprint density at radius 1 is 1.18 bits per heavy atom. The van der Waals surface area contributed by atoms with Crippen molar-refractivity contribution in [1.29, 1.82) is 0 Å². The first-order valence-electron chi connectivity index (χ1n) is 8.89. The van der Waals surface area contributed by atoms with E-state index in [1.807, 2.05) is 50.2 Å². The Labute approximate surface area is 169 Å². The normalized spacial score (nSPS) is 12.8. The fourth-order valence-electron chi connectivity index (χ4n) is 2.59. The number of rotatable bonds is 5. The first-order chi connectivity index (χ1) is 13.4. The molecular weight excluding hydrogens is 378 g/mol. The van der Waals surface area contributed by atoms with Gasteiger partial charge in [0.2, 0.25) is 6.79 Å². The second-order valence-electron chi connectivity index (χ2n) is 6.44. The molecule has 0 aliphatic carbocycles. The van der Waals surface area contributed by atoms with Gasteiger partial charge >= 0.3 is 0 Å². The van der Waals surface area contributed by atoms with E-state index in [1.54, 1.807) is 6.92 Å². The van der Waals surface area contributed by atoms with Crippen LogP contribution >= 0.6 is 12.2 Å². The van der Waals surface area contributed by atoms with Gasteiger partial charge in [-0.3, -0.25) is 15.6 Å². The minimum Gasteiger partial charge on any atom is -0.481 e. The Bertz CT molecular complexity index is 888. The van der Waals surface area contributed by atoms with Crippen molar-refractivity contribution in [2.75, 3.05) is 6.79 Å². The van der Waals surface area contributed by atoms with Crippen LogP contribution in [0, 0.1) is 13.8 Å². The van der Waals surface area contributed by atoms with Gasteiger partial charge in [-0.1, -0.05) is 18.2 Å². The van der Waals surface area contributed by atoms with Crippen LogP contribution in [0.5, 0.6) is 17.2 Å². The van der Waals surface area contributed by atoms with Crippen molar-refractivity contribution >= 4 is 23.2 Å². The van der Waals surface area contributed by atoms with Crippen molar-refractivity contribution in [2.45, 2.75) is 33.4 Å². The van der Waals surface area contributed by atoms with E-state index < -0.39 is 6.10 Å². The standard InChI is InChI=1S/C20H23N3O4S/c1-12-5-4-6-16(13(12)2)27-14(3)19(24)22-23-20(28)21-10-15-7-8-17-18(9-15)26-11-25-17/h4-9,14H,10-11H2,1-3H3,(H,22,24)(H2,21,23,28)/t14-/m1/s1. The number of benzene rings is 2. The van der Waals surface area contributed by atoms with Gasteiger partial charge in [-0.2, -0.15) is 0 Å². The Morgan fingerprint density at radius 2 is 1.96 bits per heavy atom. The number of thiocarbonyl (C=S) groups is 1. The van der Waals surface area contributed by atoms with E-state index in [2.05, 4.69) is 16.2 Å². The summed E-state index contributed by atoms with van der Waals surface area (Å²) in [7, 11) is 0. The van der Waals surface area contributed by atoms with Gasteiger partial charge in [0.1, 0.15) is 5.75 Å². The molecule has 0 fully saturated rings. The van der Waals surface area contributed by atoms with E-state index in [0.717, 1.165) is 22.4 Å². The molecule has 0 unspecified atom stereocenters. The summed E-state index contributed by atoms with van der Waals surface area (Å²) in [5.41, 5.74) is 8.33. The third-order valence-corrected chi connectivity index (χ3v) is 4.66. The molecule has 148 valence electrons. The van der Waals surface area contributed by atoms with E-state index in [1.165, 1.54) is 0 Å². The lowest BCUT2D eigenvalue weighted by atomic mass is 10.1. The highest BCUT2D eigenvalue weighted by Gasteiger charge is 2.16. The second-order valence-corrected chi connectivity index (χ2v) is 6.85. The lowest BCUT2D eigenvalue weighted by molar-refractivity contribution is -0.127. The van der Waals surface area contributed by atoms with Crippen LogP contribution in [0.4, 0.5) is 0 Å². The molecule has 0 radical (unpaired) electrons. The van der Waals surface area contributed by atoms with Gasteiger partial charge in [0.25, 0.3) is 5.91 Å². The molecule has 1 aliphatic rings. The summed E-state index contributed by atoms with van der Waals surface area (Å²) >= 11 is 5.19. The SMILES string of the molecule is Cc1cccc(O[C@H](C)C(=O)NNC(=S)NCc2ccc3c(c2)OCO3)c1C. The van der Waals surface area contributed by atoms with Gasteiger partial charge < -0.3 is 19.5 Å². The number of hydrogen-bond donors (Lipinski definition) is 3. The predicted molar refractivity (Wildman–Crippen MR) is 109 cm³/mol. The Kier molecular flexibility index (Phi) is 6.20. The van der Waals surface area contributed by atoms with Crippen molar-refractivity contribution < 1.29 is 19.0 Å². The summed E-state index contributed by atoms with van der Waals surface area (Å²) in [6.45, 7) is 6.36. The summed E-state index contributed by atoms with van der Waals surface area (Å²) in [5, 5.41) is 3.32. The molecule has 3 rings (SSSR count). The number of carbonyl (C=O) groups excluding carboxylic acids is 1. The highest BCUT2D eigenvalue weighted by Crippen LogP contribution is 2.32. The number of hydrogen-bond acceptors (Lipinski definition) is 5. The van der Waals surface area contributed by atoms with E-state index in [0.29, 0.717) is 23.2 Å². The molecule has 28 heavy (non-hydrogen) atoms. The van der Waals surface area contributed by atoms with Crippen LogP contribution in [-0.4, -0.2) is 23.9 Å². The zero-order valence-electron chi connectivity index (χ0n) is 16.0. The second kappa shape index (κ2) is 8.79. The first kappa shape index (κ1) is 19.8. The van der Waals surface area contributed by atoms with Crippen molar-refractivity contribution in [1.82, 2.24) is 16.2 Å². The van der Waals surface area contributed by atoms with Crippen LogP contribution in [-0.2, 0) is 11.3 Å². The monoisotopic (exact) mass is 401 g/mol. The third-order valence-electron chi connectivity index (χ3n) is 4.42. The van der Waals surface area contributed by atoms with Crippen LogP contribution < -0.4 is 30.4 Å². The molecule has 1 amide bonds. The third kappa shape index (κ3) is 4.83. The fourth-order valence-corrected chi connectivity index (χ4v) is 2.72. The molecule has 3 N–H and O–H groups in total. The zero-order chi connectivity index (χ0) is 20.1. The van der Waals surface area contributed by atoms with Crippen molar-refractivity contribution in [2.24, 2.45) is 0 Å². The molecule has 2 aromatic carbocycles. The molecule has 1 atom stereocenters. The first-order valence-corrected chi connectivity index (χ1v) is 9.30. The summed E-state index contributed by atoms with van der Waals surface area (Å²) in [6, 6.07) is 11.4. The molecule has 1 heterocycles. The Hall–Kier alpha value is -3.00. The minimum absolute atomic E-state index is 0.237. The number of hydrazine groups is 1. The van der Waals surface area contributed by atoms with Crippen LogP contribution in [0.25, 0.3) is 0 Å². The molecule has 0 spiro atoms. The molecule has 0 saturated carbocycles. The molecular formula is C20H23N3O4S. The number of ether oxygens (including phenoxy) is 3. The number of fused-ring (bicyclic) bond motifs is 1. The van der Waals surface area contributed by atoms with Crippen molar-refractivity contribution in [3.63, 3.8) is 0 Å². The van der Waals surface area contributed by atoms with Crippen molar-refractivity contribution in [3.05, 3.63) is 53.1 Å². The maximum absolute atomic E-state index is 12.2. The average Bonchev–Trinajstić information content (AvgIpc) is 3.15. The molecule has 7 nitrogen and oxygen atoms in total. The summed E-state index contributed by atoms with van der Waals surface area (Å²) in [5.74, 6) is 1.80. The topological polar surface area (TPSA) is 80.9 Å². The Balaban J connectivity index is 1.43. The van der Waals surface area contributed by atoms with E-state index in [-0.39, 0.29) is 12.7 Å². The highest BCUT2D eigenvalue weighted by atomic mass is 32.1. The van der Waals surface area contributed by atoms with E-state index in [4.69, 9.17) is 26.4 Å². The van der Waals surface area contributed by atoms with Crippen LogP contribution in [0.15, 0.2) is 36.4 Å². The minimum atomic E-state index is -0.676. The van der Waals surface area contributed by atoms with Gasteiger partial charge in [0.15, 0.2) is 22.7 Å². The Morgan fingerprint density at radius 3 is 2.79 bits per heavy atom. The van der Waals surface area contributed by atoms with Crippen molar-refractivity contribution in [3.8, 4) is 17.2 Å². The lowest BCUT2D eigenvalue weighted by Crippen LogP contribution is -2.50. The molecule has 2 aromatic rings. The number of carbonyl (C=O) groups is 1. The van der Waals surface area contributed by atoms with Crippen LogP contribution in [0.1, 0.15) is 23.6 Å². The quantitative estimate of drug-likeness (QED) is 0.525.